The first kappa shape index (κ1) is 36.6. The van der Waals surface area contributed by atoms with E-state index in [-0.39, 0.29) is 0 Å². The van der Waals surface area contributed by atoms with Crippen molar-refractivity contribution in [2.45, 2.75) is 5.41 Å². The molecule has 15 rings (SSSR count). The van der Waals surface area contributed by atoms with Gasteiger partial charge < -0.3 is 9.32 Å². The Bertz CT molecular complexity index is 4130. The normalized spacial score (nSPS) is 13.2. The molecule has 310 valence electrons. The summed E-state index contributed by atoms with van der Waals surface area (Å²) < 4.78 is 6.53. The summed E-state index contributed by atoms with van der Waals surface area (Å²) in [7, 11) is 0. The molecule has 0 saturated carbocycles. The molecule has 0 fully saturated rings. The molecule has 1 heterocycles. The van der Waals surface area contributed by atoms with Crippen LogP contribution in [-0.4, -0.2) is 0 Å². The molecule has 0 bridgehead atoms. The summed E-state index contributed by atoms with van der Waals surface area (Å²) in [6, 6.07) is 87.7. The first-order chi connectivity index (χ1) is 33.2. The molecule has 2 nitrogen and oxygen atoms in total. The molecular formula is C65H39NO. The van der Waals surface area contributed by atoms with Gasteiger partial charge in [-0.2, -0.15) is 0 Å². The summed E-state index contributed by atoms with van der Waals surface area (Å²) in [6.45, 7) is 0. The zero-order valence-electron chi connectivity index (χ0n) is 36.4. The fraction of sp³-hybridized carbons (Fsp3) is 0.0154. The van der Waals surface area contributed by atoms with Crippen LogP contribution in [0.1, 0.15) is 22.3 Å². The molecule has 67 heavy (non-hydrogen) atoms. The topological polar surface area (TPSA) is 16.4 Å². The number of nitrogens with zero attached hydrogens (tertiary/aromatic N) is 1. The minimum absolute atomic E-state index is 0.454. The van der Waals surface area contributed by atoms with Gasteiger partial charge in [0.2, 0.25) is 0 Å². The summed E-state index contributed by atoms with van der Waals surface area (Å²) in [4.78, 5) is 2.46. The maximum atomic E-state index is 6.53. The van der Waals surface area contributed by atoms with Crippen molar-refractivity contribution in [1.29, 1.82) is 0 Å². The van der Waals surface area contributed by atoms with Crippen LogP contribution in [-0.2, 0) is 5.41 Å². The maximum Gasteiger partial charge on any atom is 0.136 e. The zero-order valence-corrected chi connectivity index (χ0v) is 36.4. The van der Waals surface area contributed by atoms with Crippen molar-refractivity contribution in [3.05, 3.63) is 259 Å². The van der Waals surface area contributed by atoms with Crippen LogP contribution >= 0.6 is 0 Å². The Hall–Kier alpha value is -8.72. The van der Waals surface area contributed by atoms with E-state index in [1.54, 1.807) is 0 Å². The lowest BCUT2D eigenvalue weighted by Crippen LogP contribution is -2.26. The molecule has 0 aliphatic heterocycles. The van der Waals surface area contributed by atoms with Crippen molar-refractivity contribution in [3.8, 4) is 33.4 Å². The van der Waals surface area contributed by atoms with Crippen LogP contribution in [0.4, 0.5) is 17.1 Å². The SMILES string of the molecule is c1ccc2c(c1)-c1ccccc1C21c2ccccc2-c2ccc(N(c3ccc(-c4ccc5c(c4)oc4ccc6ccccc6c45)cc3)c3ccc4c5ccccc5c5ccccc5c4c3)cc21. The van der Waals surface area contributed by atoms with E-state index < -0.39 is 5.41 Å². The second-order valence-electron chi connectivity index (χ2n) is 18.3. The van der Waals surface area contributed by atoms with Gasteiger partial charge in [0, 0.05) is 27.8 Å². The lowest BCUT2D eigenvalue weighted by Gasteiger charge is -2.32. The van der Waals surface area contributed by atoms with Gasteiger partial charge in [0.05, 0.1) is 5.41 Å². The number of hydrogen-bond donors (Lipinski definition) is 0. The Morgan fingerprint density at radius 3 is 1.42 bits per heavy atom. The molecule has 1 aromatic heterocycles. The number of benzene rings is 12. The molecule has 0 amide bonds. The molecule has 0 N–H and O–H groups in total. The summed E-state index contributed by atoms with van der Waals surface area (Å²) in [6.07, 6.45) is 0. The third-order valence-electron chi connectivity index (χ3n) is 15.0. The molecule has 12 aromatic carbocycles. The monoisotopic (exact) mass is 849 g/mol. The molecule has 0 saturated heterocycles. The third-order valence-corrected chi connectivity index (χ3v) is 15.0. The average molecular weight is 850 g/mol. The molecule has 13 aromatic rings. The Labute approximate surface area is 387 Å². The van der Waals surface area contributed by atoms with Crippen molar-refractivity contribution >= 4 is 82.1 Å². The molecular weight excluding hydrogens is 811 g/mol. The fourth-order valence-corrected chi connectivity index (χ4v) is 12.2. The van der Waals surface area contributed by atoms with Gasteiger partial charge in [-0.15, -0.1) is 0 Å². The zero-order chi connectivity index (χ0) is 43.8. The van der Waals surface area contributed by atoms with Crippen LogP contribution < -0.4 is 4.90 Å². The number of fused-ring (bicyclic) bond motifs is 21. The molecule has 0 unspecified atom stereocenters. The molecule has 2 aliphatic carbocycles. The maximum absolute atomic E-state index is 6.53. The van der Waals surface area contributed by atoms with Crippen molar-refractivity contribution in [2.24, 2.45) is 0 Å². The number of anilines is 3. The third kappa shape index (κ3) is 4.99. The van der Waals surface area contributed by atoms with Gasteiger partial charge in [-0.25, -0.2) is 0 Å². The first-order valence-corrected chi connectivity index (χ1v) is 23.2. The second kappa shape index (κ2) is 13.7. The van der Waals surface area contributed by atoms with Crippen molar-refractivity contribution in [3.63, 3.8) is 0 Å². The van der Waals surface area contributed by atoms with E-state index in [0.717, 1.165) is 44.7 Å². The van der Waals surface area contributed by atoms with Crippen molar-refractivity contribution in [1.82, 2.24) is 0 Å². The van der Waals surface area contributed by atoms with E-state index in [0.29, 0.717) is 0 Å². The lowest BCUT2D eigenvalue weighted by molar-refractivity contribution is 0.669. The van der Waals surface area contributed by atoms with Gasteiger partial charge in [0.25, 0.3) is 0 Å². The van der Waals surface area contributed by atoms with E-state index in [1.807, 2.05) is 0 Å². The summed E-state index contributed by atoms with van der Waals surface area (Å²) >= 11 is 0. The summed E-state index contributed by atoms with van der Waals surface area (Å²) in [5.41, 5.74) is 17.4. The minimum atomic E-state index is -0.454. The number of hydrogen-bond acceptors (Lipinski definition) is 2. The summed E-state index contributed by atoms with van der Waals surface area (Å²) in [5, 5.41) is 12.3. The van der Waals surface area contributed by atoms with E-state index in [4.69, 9.17) is 4.42 Å². The van der Waals surface area contributed by atoms with Gasteiger partial charge >= 0.3 is 0 Å². The fourth-order valence-electron chi connectivity index (χ4n) is 12.2. The van der Waals surface area contributed by atoms with Crippen LogP contribution in [0.25, 0.3) is 98.4 Å². The van der Waals surface area contributed by atoms with Crippen molar-refractivity contribution in [2.75, 3.05) is 4.90 Å². The van der Waals surface area contributed by atoms with E-state index in [9.17, 15) is 0 Å². The van der Waals surface area contributed by atoms with Gasteiger partial charge in [0.15, 0.2) is 0 Å². The highest BCUT2D eigenvalue weighted by atomic mass is 16.3. The van der Waals surface area contributed by atoms with Gasteiger partial charge in [-0.3, -0.25) is 0 Å². The highest BCUT2D eigenvalue weighted by Crippen LogP contribution is 2.63. The summed E-state index contributed by atoms with van der Waals surface area (Å²) in [5.74, 6) is 0. The Balaban J connectivity index is 0.941. The predicted molar refractivity (Wildman–Crippen MR) is 280 cm³/mol. The van der Waals surface area contributed by atoms with Gasteiger partial charge in [-0.05, 0) is 153 Å². The largest absolute Gasteiger partial charge is 0.456 e. The minimum Gasteiger partial charge on any atom is -0.456 e. The Morgan fingerprint density at radius 2 is 0.761 bits per heavy atom. The van der Waals surface area contributed by atoms with E-state index in [1.165, 1.54) is 93.0 Å². The van der Waals surface area contributed by atoms with E-state index in [2.05, 4.69) is 241 Å². The number of furan rings is 1. The smallest absolute Gasteiger partial charge is 0.136 e. The highest BCUT2D eigenvalue weighted by molar-refractivity contribution is 6.26. The average Bonchev–Trinajstić information content (AvgIpc) is 4.03. The standard InChI is InChI=1S/C65H39NO/c1-2-14-46-41(13-1)28-36-62-64(46)56-33-27-42(37-63(56)67-62)40-25-29-43(30-26-40)66(44-31-34-51-49-17-4-3-15-47(49)48-16-5-6-18-50(48)57(51)38-44)45-32-35-55-54-21-9-12-24-60(54)65(61(55)39-45)58-22-10-7-19-52(58)53-20-8-11-23-59(53)65/h1-39H. The van der Waals surface area contributed by atoms with Gasteiger partial charge in [-0.1, -0.05) is 182 Å². The van der Waals surface area contributed by atoms with Crippen LogP contribution in [0.15, 0.2) is 241 Å². The first-order valence-electron chi connectivity index (χ1n) is 23.2. The predicted octanol–water partition coefficient (Wildman–Crippen LogP) is 17.7. The Morgan fingerprint density at radius 1 is 0.284 bits per heavy atom. The van der Waals surface area contributed by atoms with E-state index >= 15 is 0 Å². The van der Waals surface area contributed by atoms with Crippen LogP contribution in [0.3, 0.4) is 0 Å². The quantitative estimate of drug-likeness (QED) is 0.164. The Kier molecular flexibility index (Phi) is 7.46. The van der Waals surface area contributed by atoms with Crippen molar-refractivity contribution < 1.29 is 4.42 Å². The lowest BCUT2D eigenvalue weighted by atomic mass is 9.70. The molecule has 2 heteroatoms. The highest BCUT2D eigenvalue weighted by Gasteiger charge is 2.51. The second-order valence-corrected chi connectivity index (χ2v) is 18.3. The van der Waals surface area contributed by atoms with Crippen LogP contribution in [0.5, 0.6) is 0 Å². The van der Waals surface area contributed by atoms with Gasteiger partial charge in [0.1, 0.15) is 11.2 Å². The molecule has 2 aliphatic rings. The van der Waals surface area contributed by atoms with Crippen LogP contribution in [0, 0.1) is 0 Å². The van der Waals surface area contributed by atoms with Crippen LogP contribution in [0.2, 0.25) is 0 Å². The molecule has 0 atom stereocenters. The number of rotatable bonds is 4. The molecule has 0 radical (unpaired) electrons. The molecule has 1 spiro atoms.